The van der Waals surface area contributed by atoms with Crippen LogP contribution in [-0.2, 0) is 9.59 Å². The number of para-hydroxylation sites is 1. The van der Waals surface area contributed by atoms with E-state index in [1.165, 1.54) is 0 Å². The van der Waals surface area contributed by atoms with E-state index < -0.39 is 17.9 Å². The molecule has 1 amide bonds. The van der Waals surface area contributed by atoms with Crippen LogP contribution in [0, 0.1) is 11.8 Å². The fourth-order valence-electron chi connectivity index (χ4n) is 2.92. The standard InChI is InChI=1S/C16H21NO4/c1-10(2)9-17-14(18)8-12(16(19)20)15(17)11-6-4-5-7-13(11)21-3/h4-7,10,12,15H,8-9H2,1-3H3,(H,19,20). The van der Waals surface area contributed by atoms with Gasteiger partial charge in [-0.15, -0.1) is 0 Å². The Hall–Kier alpha value is -2.04. The van der Waals surface area contributed by atoms with Crippen molar-refractivity contribution in [2.45, 2.75) is 26.3 Å². The Labute approximate surface area is 124 Å². The lowest BCUT2D eigenvalue weighted by Gasteiger charge is -2.29. The molecule has 0 saturated carbocycles. The second-order valence-corrected chi connectivity index (χ2v) is 5.78. The molecule has 114 valence electrons. The SMILES string of the molecule is COc1ccccc1C1C(C(=O)O)CC(=O)N1CC(C)C. The summed E-state index contributed by atoms with van der Waals surface area (Å²) in [5.41, 5.74) is 0.763. The van der Waals surface area contributed by atoms with Crippen LogP contribution >= 0.6 is 0 Å². The second kappa shape index (κ2) is 6.16. The predicted molar refractivity (Wildman–Crippen MR) is 78.0 cm³/mol. The molecule has 0 radical (unpaired) electrons. The summed E-state index contributed by atoms with van der Waals surface area (Å²) in [5.74, 6) is -0.874. The van der Waals surface area contributed by atoms with Gasteiger partial charge in [0.25, 0.3) is 0 Å². The molecule has 5 heteroatoms. The normalized spacial score (nSPS) is 21.9. The highest BCUT2D eigenvalue weighted by Gasteiger charge is 2.45. The van der Waals surface area contributed by atoms with Crippen molar-refractivity contribution >= 4 is 11.9 Å². The number of amides is 1. The average molecular weight is 291 g/mol. The van der Waals surface area contributed by atoms with Gasteiger partial charge in [0.15, 0.2) is 0 Å². The van der Waals surface area contributed by atoms with Gasteiger partial charge >= 0.3 is 5.97 Å². The maximum absolute atomic E-state index is 12.2. The minimum Gasteiger partial charge on any atom is -0.496 e. The minimum absolute atomic E-state index is 0.0464. The Kier molecular flexibility index (Phi) is 4.50. The zero-order valence-corrected chi connectivity index (χ0v) is 12.6. The van der Waals surface area contributed by atoms with Gasteiger partial charge in [-0.1, -0.05) is 32.0 Å². The van der Waals surface area contributed by atoms with E-state index in [-0.39, 0.29) is 18.2 Å². The van der Waals surface area contributed by atoms with Gasteiger partial charge in [0.2, 0.25) is 5.91 Å². The zero-order chi connectivity index (χ0) is 15.6. The number of carboxylic acid groups (broad SMARTS) is 1. The molecule has 0 spiro atoms. The highest BCUT2D eigenvalue weighted by molar-refractivity contribution is 5.87. The third-order valence-corrected chi connectivity index (χ3v) is 3.77. The first-order chi connectivity index (χ1) is 9.95. The molecular formula is C16H21NO4. The molecule has 0 bridgehead atoms. The second-order valence-electron chi connectivity index (χ2n) is 5.78. The lowest BCUT2D eigenvalue weighted by Crippen LogP contribution is -2.33. The highest BCUT2D eigenvalue weighted by atomic mass is 16.5. The van der Waals surface area contributed by atoms with E-state index >= 15 is 0 Å². The van der Waals surface area contributed by atoms with Crippen LogP contribution in [0.4, 0.5) is 0 Å². The largest absolute Gasteiger partial charge is 0.496 e. The van der Waals surface area contributed by atoms with E-state index in [2.05, 4.69) is 0 Å². The number of ether oxygens (including phenoxy) is 1. The Morgan fingerprint density at radius 3 is 2.67 bits per heavy atom. The van der Waals surface area contributed by atoms with Crippen LogP contribution < -0.4 is 4.74 Å². The topological polar surface area (TPSA) is 66.8 Å². The van der Waals surface area contributed by atoms with Crippen LogP contribution in [0.2, 0.25) is 0 Å². The number of aliphatic carboxylic acids is 1. The van der Waals surface area contributed by atoms with Crippen molar-refractivity contribution in [2.24, 2.45) is 11.8 Å². The summed E-state index contributed by atoms with van der Waals surface area (Å²) in [6, 6.07) is 6.85. The summed E-state index contributed by atoms with van der Waals surface area (Å²) in [4.78, 5) is 25.5. The predicted octanol–water partition coefficient (Wildman–Crippen LogP) is 2.33. The van der Waals surface area contributed by atoms with Gasteiger partial charge in [-0.25, -0.2) is 0 Å². The number of carbonyl (C=O) groups is 2. The van der Waals surface area contributed by atoms with E-state index in [1.807, 2.05) is 32.0 Å². The molecule has 1 aromatic rings. The third kappa shape index (κ3) is 3.01. The maximum atomic E-state index is 12.2. The van der Waals surface area contributed by atoms with E-state index in [0.29, 0.717) is 12.3 Å². The number of hydrogen-bond donors (Lipinski definition) is 1. The van der Waals surface area contributed by atoms with Crippen molar-refractivity contribution in [3.8, 4) is 5.75 Å². The van der Waals surface area contributed by atoms with Crippen LogP contribution in [0.3, 0.4) is 0 Å². The number of rotatable bonds is 5. The van der Waals surface area contributed by atoms with E-state index in [1.54, 1.807) is 18.1 Å². The molecule has 0 aliphatic carbocycles. The molecule has 2 unspecified atom stereocenters. The molecule has 1 saturated heterocycles. The first-order valence-electron chi connectivity index (χ1n) is 7.11. The monoisotopic (exact) mass is 291 g/mol. The molecule has 1 aliphatic heterocycles. The molecule has 5 nitrogen and oxygen atoms in total. The average Bonchev–Trinajstić information content (AvgIpc) is 2.75. The molecule has 1 N–H and O–H groups in total. The molecule has 1 aromatic carbocycles. The fourth-order valence-corrected chi connectivity index (χ4v) is 2.92. The van der Waals surface area contributed by atoms with E-state index in [9.17, 15) is 14.7 Å². The molecule has 21 heavy (non-hydrogen) atoms. The van der Waals surface area contributed by atoms with Gasteiger partial charge in [-0.05, 0) is 12.0 Å². The van der Waals surface area contributed by atoms with Gasteiger partial charge in [0.1, 0.15) is 5.75 Å². The van der Waals surface area contributed by atoms with Crippen LogP contribution in [0.1, 0.15) is 31.9 Å². The summed E-state index contributed by atoms with van der Waals surface area (Å²) in [7, 11) is 1.55. The Balaban J connectivity index is 2.46. The molecule has 1 heterocycles. The molecule has 2 rings (SSSR count). The van der Waals surface area contributed by atoms with Gasteiger partial charge in [0, 0.05) is 18.5 Å². The first-order valence-corrected chi connectivity index (χ1v) is 7.11. The molecule has 1 fully saturated rings. The van der Waals surface area contributed by atoms with Crippen LogP contribution in [-0.4, -0.2) is 35.5 Å². The van der Waals surface area contributed by atoms with Gasteiger partial charge in [0.05, 0.1) is 19.1 Å². The van der Waals surface area contributed by atoms with Crippen LogP contribution in [0.25, 0.3) is 0 Å². The Morgan fingerprint density at radius 2 is 2.10 bits per heavy atom. The van der Waals surface area contributed by atoms with E-state index in [0.717, 1.165) is 5.56 Å². The van der Waals surface area contributed by atoms with Crippen LogP contribution in [0.15, 0.2) is 24.3 Å². The van der Waals surface area contributed by atoms with Gasteiger partial charge in [-0.3, -0.25) is 9.59 Å². The van der Waals surface area contributed by atoms with Crippen molar-refractivity contribution in [1.82, 2.24) is 4.90 Å². The van der Waals surface area contributed by atoms with Crippen LogP contribution in [0.5, 0.6) is 5.75 Å². The number of carbonyl (C=O) groups excluding carboxylic acids is 1. The molecular weight excluding hydrogens is 270 g/mol. The fraction of sp³-hybridized carbons (Fsp3) is 0.500. The summed E-state index contributed by atoms with van der Waals surface area (Å²) in [6.45, 7) is 4.58. The lowest BCUT2D eigenvalue weighted by atomic mass is 9.92. The summed E-state index contributed by atoms with van der Waals surface area (Å²) >= 11 is 0. The summed E-state index contributed by atoms with van der Waals surface area (Å²) in [5, 5.41) is 9.46. The third-order valence-electron chi connectivity index (χ3n) is 3.77. The Morgan fingerprint density at radius 1 is 1.43 bits per heavy atom. The number of methoxy groups -OCH3 is 1. The number of carboxylic acids is 1. The maximum Gasteiger partial charge on any atom is 0.309 e. The van der Waals surface area contributed by atoms with Crippen molar-refractivity contribution in [1.29, 1.82) is 0 Å². The molecule has 1 aliphatic rings. The number of hydrogen-bond acceptors (Lipinski definition) is 3. The summed E-state index contributed by atoms with van der Waals surface area (Å²) in [6.07, 6.45) is 0.0464. The smallest absolute Gasteiger partial charge is 0.309 e. The van der Waals surface area contributed by atoms with Gasteiger partial charge in [-0.2, -0.15) is 0 Å². The highest BCUT2D eigenvalue weighted by Crippen LogP contribution is 2.42. The zero-order valence-electron chi connectivity index (χ0n) is 12.6. The van der Waals surface area contributed by atoms with Crippen molar-refractivity contribution in [2.75, 3.05) is 13.7 Å². The summed E-state index contributed by atoms with van der Waals surface area (Å²) < 4.78 is 5.34. The molecule has 0 aromatic heterocycles. The molecule has 2 atom stereocenters. The lowest BCUT2D eigenvalue weighted by molar-refractivity contribution is -0.142. The number of benzene rings is 1. The van der Waals surface area contributed by atoms with E-state index in [4.69, 9.17) is 4.74 Å². The van der Waals surface area contributed by atoms with Crippen molar-refractivity contribution < 1.29 is 19.4 Å². The van der Waals surface area contributed by atoms with Crippen molar-refractivity contribution in [3.63, 3.8) is 0 Å². The number of likely N-dealkylation sites (tertiary alicyclic amines) is 1. The Bertz CT molecular complexity index is 541. The van der Waals surface area contributed by atoms with Gasteiger partial charge < -0.3 is 14.7 Å². The minimum atomic E-state index is -0.939. The first kappa shape index (κ1) is 15.4. The van der Waals surface area contributed by atoms with Crippen molar-refractivity contribution in [3.05, 3.63) is 29.8 Å². The number of nitrogens with zero attached hydrogens (tertiary/aromatic N) is 1. The quantitative estimate of drug-likeness (QED) is 0.904.